The maximum atomic E-state index is 13.4. The number of amides is 1. The van der Waals surface area contributed by atoms with Crippen molar-refractivity contribution in [2.24, 2.45) is 0 Å². The number of benzene rings is 1. The van der Waals surface area contributed by atoms with E-state index in [4.69, 9.17) is 14.6 Å². The molecule has 8 nitrogen and oxygen atoms in total. The summed E-state index contributed by atoms with van der Waals surface area (Å²) in [7, 11) is 1.43. The molecule has 1 heterocycles. The van der Waals surface area contributed by atoms with Crippen LogP contribution in [0.5, 0.6) is 11.5 Å². The van der Waals surface area contributed by atoms with Crippen LogP contribution in [0.1, 0.15) is 43.5 Å². The van der Waals surface area contributed by atoms with Crippen molar-refractivity contribution >= 4 is 35.1 Å². The molecular formula is C20H30N2O6S2. The summed E-state index contributed by atoms with van der Waals surface area (Å²) in [4.78, 5) is 26.4. The van der Waals surface area contributed by atoms with E-state index in [1.807, 2.05) is 23.5 Å². The molecule has 0 bridgehead atoms. The first-order chi connectivity index (χ1) is 14.5. The number of nitrogens with zero attached hydrogens (tertiary/aromatic N) is 2. The summed E-state index contributed by atoms with van der Waals surface area (Å²) in [6.07, 6.45) is 2.16. The molecular weight excluding hydrogens is 428 g/mol. The van der Waals surface area contributed by atoms with Crippen LogP contribution in [0.2, 0.25) is 0 Å². The second kappa shape index (κ2) is 12.3. The Kier molecular flexibility index (Phi) is 10.1. The predicted octanol–water partition coefficient (Wildman–Crippen LogP) is 3.80. The molecule has 0 aliphatic carbocycles. The first-order valence-corrected chi connectivity index (χ1v) is 12.2. The zero-order valence-electron chi connectivity index (χ0n) is 17.7. The number of hydrogen-bond donors (Lipinski definition) is 1. The van der Waals surface area contributed by atoms with Crippen LogP contribution >= 0.6 is 23.5 Å². The molecule has 0 radical (unpaired) electrons. The third kappa shape index (κ3) is 5.95. The molecule has 1 aromatic carbocycles. The summed E-state index contributed by atoms with van der Waals surface area (Å²) < 4.78 is 11.1. The molecule has 1 amide bonds. The smallest absolute Gasteiger partial charge is 0.286 e. The lowest BCUT2D eigenvalue weighted by Gasteiger charge is -2.31. The highest BCUT2D eigenvalue weighted by molar-refractivity contribution is 8.17. The number of hydrogen-bond acceptors (Lipinski definition) is 8. The van der Waals surface area contributed by atoms with E-state index in [0.717, 1.165) is 24.3 Å². The number of aliphatic hydroxyl groups excluding tert-OH is 1. The number of aliphatic hydroxyl groups is 1. The lowest BCUT2D eigenvalue weighted by Crippen LogP contribution is -2.41. The van der Waals surface area contributed by atoms with Gasteiger partial charge >= 0.3 is 0 Å². The van der Waals surface area contributed by atoms with Crippen molar-refractivity contribution in [2.75, 3.05) is 38.4 Å². The van der Waals surface area contributed by atoms with E-state index < -0.39 is 4.92 Å². The fourth-order valence-corrected chi connectivity index (χ4v) is 6.34. The van der Waals surface area contributed by atoms with Gasteiger partial charge in [0.2, 0.25) is 0 Å². The molecule has 1 atom stereocenters. The van der Waals surface area contributed by atoms with Crippen LogP contribution in [-0.4, -0.2) is 69.8 Å². The molecule has 0 unspecified atom stereocenters. The van der Waals surface area contributed by atoms with Gasteiger partial charge in [-0.05, 0) is 24.3 Å². The highest BCUT2D eigenvalue weighted by Crippen LogP contribution is 2.39. The minimum atomic E-state index is -0.560. The molecule has 1 N–H and O–H groups in total. The maximum Gasteiger partial charge on any atom is 0.286 e. The molecule has 0 spiro atoms. The van der Waals surface area contributed by atoms with Crippen molar-refractivity contribution in [2.45, 2.75) is 43.7 Å². The first-order valence-electron chi connectivity index (χ1n) is 10.1. The van der Waals surface area contributed by atoms with Gasteiger partial charge in [-0.15, -0.1) is 23.5 Å². The van der Waals surface area contributed by atoms with Crippen molar-refractivity contribution in [1.82, 2.24) is 4.90 Å². The minimum absolute atomic E-state index is 0.0139. The van der Waals surface area contributed by atoms with Crippen LogP contribution < -0.4 is 9.47 Å². The number of likely N-dealkylation sites (tertiary alicyclic amines) is 1. The average molecular weight is 459 g/mol. The molecule has 1 aliphatic heterocycles. The molecule has 1 saturated heterocycles. The molecule has 1 fully saturated rings. The van der Waals surface area contributed by atoms with E-state index in [2.05, 4.69) is 13.8 Å². The molecule has 1 aliphatic rings. The summed E-state index contributed by atoms with van der Waals surface area (Å²) in [5, 5.41) is 20.7. The number of carbonyl (C=O) groups is 1. The molecule has 1 aromatic rings. The minimum Gasteiger partial charge on any atom is -0.493 e. The normalized spacial score (nSPS) is 16.2. The molecule has 10 heteroatoms. The van der Waals surface area contributed by atoms with Gasteiger partial charge in [-0.2, -0.15) is 0 Å². The highest BCUT2D eigenvalue weighted by Gasteiger charge is 2.38. The second-order valence-corrected chi connectivity index (χ2v) is 9.83. The zero-order chi connectivity index (χ0) is 22.1. The average Bonchev–Trinajstić information content (AvgIpc) is 3.22. The number of thioether (sulfide) groups is 2. The Balaban J connectivity index is 2.37. The summed E-state index contributed by atoms with van der Waals surface area (Å²) in [5.74, 6) is 2.00. The predicted molar refractivity (Wildman–Crippen MR) is 121 cm³/mol. The number of nitro groups is 1. The number of ether oxygens (including phenoxy) is 2. The fraction of sp³-hybridized carbons (Fsp3) is 0.650. The van der Waals surface area contributed by atoms with Gasteiger partial charge in [0.1, 0.15) is 5.56 Å². The number of methoxy groups -OCH3 is 1. The van der Waals surface area contributed by atoms with E-state index in [1.165, 1.54) is 19.2 Å². The van der Waals surface area contributed by atoms with E-state index >= 15 is 0 Å². The Hall–Kier alpha value is -1.65. The molecule has 30 heavy (non-hydrogen) atoms. The second-order valence-electron chi connectivity index (χ2n) is 6.69. The van der Waals surface area contributed by atoms with Gasteiger partial charge in [-0.25, -0.2) is 0 Å². The Morgan fingerprint density at radius 2 is 2.03 bits per heavy atom. The van der Waals surface area contributed by atoms with Crippen LogP contribution in [0.4, 0.5) is 5.69 Å². The summed E-state index contributed by atoms with van der Waals surface area (Å²) in [6.45, 7) is 4.92. The summed E-state index contributed by atoms with van der Waals surface area (Å²) in [5.41, 5.74) is -0.284. The largest absolute Gasteiger partial charge is 0.493 e. The van der Waals surface area contributed by atoms with E-state index in [1.54, 1.807) is 4.90 Å². The van der Waals surface area contributed by atoms with Gasteiger partial charge in [0.25, 0.3) is 11.6 Å². The fourth-order valence-electron chi connectivity index (χ4n) is 3.47. The van der Waals surface area contributed by atoms with Gasteiger partial charge in [-0.3, -0.25) is 14.9 Å². The van der Waals surface area contributed by atoms with Gasteiger partial charge < -0.3 is 19.5 Å². The van der Waals surface area contributed by atoms with Crippen molar-refractivity contribution in [3.8, 4) is 11.5 Å². The maximum absolute atomic E-state index is 13.4. The Bertz CT molecular complexity index is 727. The summed E-state index contributed by atoms with van der Waals surface area (Å²) >= 11 is 3.63. The number of carbonyl (C=O) groups excluding carboxylic acids is 1. The topological polar surface area (TPSA) is 102 Å². The molecule has 0 aromatic heterocycles. The van der Waals surface area contributed by atoms with Crippen molar-refractivity contribution in [3.05, 3.63) is 27.8 Å². The van der Waals surface area contributed by atoms with Crippen LogP contribution in [0.25, 0.3) is 0 Å². The molecule has 168 valence electrons. The van der Waals surface area contributed by atoms with Crippen LogP contribution in [0, 0.1) is 10.1 Å². The van der Waals surface area contributed by atoms with Crippen LogP contribution in [-0.2, 0) is 0 Å². The molecule has 2 rings (SSSR count). The Morgan fingerprint density at radius 1 is 1.33 bits per heavy atom. The lowest BCUT2D eigenvalue weighted by molar-refractivity contribution is -0.385. The van der Waals surface area contributed by atoms with Gasteiger partial charge in [0, 0.05) is 25.6 Å². The van der Waals surface area contributed by atoms with E-state index in [9.17, 15) is 14.9 Å². The van der Waals surface area contributed by atoms with E-state index in [-0.39, 0.29) is 52.5 Å². The monoisotopic (exact) mass is 458 g/mol. The zero-order valence-corrected chi connectivity index (χ0v) is 19.3. The third-order valence-corrected chi connectivity index (χ3v) is 7.57. The van der Waals surface area contributed by atoms with Gasteiger partial charge in [0.15, 0.2) is 11.5 Å². The molecule has 0 saturated carbocycles. The quantitative estimate of drug-likeness (QED) is 0.218. The SMILES string of the molecule is CCSC(SCC)[C@@H]1CCCN1C(=O)c1cc(OC)c(OCCCO)cc1[N+](=O)[O-]. The van der Waals surface area contributed by atoms with Crippen molar-refractivity contribution in [1.29, 1.82) is 0 Å². The number of rotatable bonds is 12. The van der Waals surface area contributed by atoms with Crippen LogP contribution in [0.3, 0.4) is 0 Å². The Morgan fingerprint density at radius 3 is 2.60 bits per heavy atom. The standard InChI is InChI=1S/C20H30N2O6S2/c1-4-29-20(30-5-2)15-8-6-9-21(15)19(24)14-12-17(27-3)18(28-11-7-10-23)13-16(14)22(25)26/h12-13,15,20,23H,4-11H2,1-3H3/t15-/m0/s1. The third-order valence-electron chi connectivity index (χ3n) is 4.81. The van der Waals surface area contributed by atoms with E-state index in [0.29, 0.717) is 13.0 Å². The van der Waals surface area contributed by atoms with Crippen molar-refractivity contribution < 1.29 is 24.3 Å². The lowest BCUT2D eigenvalue weighted by atomic mass is 10.1. The summed E-state index contributed by atoms with van der Waals surface area (Å²) in [6, 6.07) is 2.69. The Labute approximate surface area is 185 Å². The van der Waals surface area contributed by atoms with Crippen molar-refractivity contribution in [3.63, 3.8) is 0 Å². The van der Waals surface area contributed by atoms with Gasteiger partial charge in [-0.1, -0.05) is 13.8 Å². The number of nitro benzene ring substituents is 1. The van der Waals surface area contributed by atoms with Crippen LogP contribution in [0.15, 0.2) is 12.1 Å². The highest BCUT2D eigenvalue weighted by atomic mass is 32.2. The first kappa shape index (κ1) is 24.6. The van der Waals surface area contributed by atoms with Gasteiger partial charge in [0.05, 0.1) is 35.3 Å².